The van der Waals surface area contributed by atoms with Crippen molar-refractivity contribution in [3.63, 3.8) is 0 Å². The molecule has 118 valence electrons. The first-order chi connectivity index (χ1) is 9.70. The summed E-state index contributed by atoms with van der Waals surface area (Å²) in [6.07, 6.45) is 0.633. The van der Waals surface area contributed by atoms with Gasteiger partial charge in [0.15, 0.2) is 0 Å². The standard InChI is InChI=1S/C13H18Br2N2O3S/c1-4-7-17(9-13(18)16(2)3)21(19,20)12-6-5-10(14)8-11(12)15/h5-6,8H,4,7,9H2,1-3H3. The zero-order valence-electron chi connectivity index (χ0n) is 12.1. The van der Waals surface area contributed by atoms with Crippen LogP contribution in [0.2, 0.25) is 0 Å². The van der Waals surface area contributed by atoms with Gasteiger partial charge >= 0.3 is 0 Å². The van der Waals surface area contributed by atoms with Crippen molar-refractivity contribution in [1.29, 1.82) is 0 Å². The van der Waals surface area contributed by atoms with Crippen LogP contribution < -0.4 is 0 Å². The molecule has 0 aromatic heterocycles. The number of likely N-dealkylation sites (N-methyl/N-ethyl adjacent to an activating group) is 1. The van der Waals surface area contributed by atoms with E-state index in [1.54, 1.807) is 26.2 Å². The first-order valence-electron chi connectivity index (χ1n) is 6.35. The van der Waals surface area contributed by atoms with Crippen molar-refractivity contribution >= 4 is 47.8 Å². The maximum Gasteiger partial charge on any atom is 0.244 e. The number of rotatable bonds is 6. The Hall–Kier alpha value is -0.440. The molecule has 1 amide bonds. The van der Waals surface area contributed by atoms with E-state index in [2.05, 4.69) is 31.9 Å². The van der Waals surface area contributed by atoms with Crippen molar-refractivity contribution in [3.05, 3.63) is 27.1 Å². The van der Waals surface area contributed by atoms with E-state index >= 15 is 0 Å². The molecule has 0 aliphatic heterocycles. The van der Waals surface area contributed by atoms with Crippen LogP contribution in [0.4, 0.5) is 0 Å². The van der Waals surface area contributed by atoms with Crippen LogP contribution in [0.15, 0.2) is 32.0 Å². The lowest BCUT2D eigenvalue weighted by molar-refractivity contribution is -0.128. The summed E-state index contributed by atoms with van der Waals surface area (Å²) in [5.74, 6) is -0.250. The van der Waals surface area contributed by atoms with E-state index in [1.807, 2.05) is 6.92 Å². The number of sulfonamides is 1. The molecule has 0 heterocycles. The van der Waals surface area contributed by atoms with Gasteiger partial charge in [-0.05, 0) is 40.5 Å². The van der Waals surface area contributed by atoms with Crippen molar-refractivity contribution < 1.29 is 13.2 Å². The van der Waals surface area contributed by atoms with E-state index in [0.29, 0.717) is 17.4 Å². The fraction of sp³-hybridized carbons (Fsp3) is 0.462. The Labute approximate surface area is 142 Å². The molecule has 0 fully saturated rings. The van der Waals surface area contributed by atoms with Gasteiger partial charge in [-0.2, -0.15) is 4.31 Å². The van der Waals surface area contributed by atoms with Crippen LogP contribution in [-0.2, 0) is 14.8 Å². The van der Waals surface area contributed by atoms with Crippen molar-refractivity contribution in [2.75, 3.05) is 27.2 Å². The molecule has 0 bridgehead atoms. The average Bonchev–Trinajstić information content (AvgIpc) is 2.37. The summed E-state index contributed by atoms with van der Waals surface area (Å²) in [6, 6.07) is 4.85. The molecule has 1 rings (SSSR count). The van der Waals surface area contributed by atoms with Gasteiger partial charge in [0, 0.05) is 29.6 Å². The molecule has 0 radical (unpaired) electrons. The van der Waals surface area contributed by atoms with Crippen LogP contribution in [0.25, 0.3) is 0 Å². The van der Waals surface area contributed by atoms with E-state index in [1.165, 1.54) is 15.3 Å². The Bertz CT molecular complexity index is 618. The molecule has 8 heteroatoms. The third-order valence-corrected chi connectivity index (χ3v) is 6.11. The van der Waals surface area contributed by atoms with Gasteiger partial charge in [0.25, 0.3) is 0 Å². The maximum absolute atomic E-state index is 12.7. The van der Waals surface area contributed by atoms with E-state index in [0.717, 1.165) is 4.47 Å². The van der Waals surface area contributed by atoms with Crippen LogP contribution in [0.1, 0.15) is 13.3 Å². The molecule has 21 heavy (non-hydrogen) atoms. The number of carbonyl (C=O) groups is 1. The summed E-state index contributed by atoms with van der Waals surface area (Å²) in [5, 5.41) is 0. The summed E-state index contributed by atoms with van der Waals surface area (Å²) >= 11 is 6.56. The first-order valence-corrected chi connectivity index (χ1v) is 9.38. The molecule has 0 aliphatic carbocycles. The van der Waals surface area contributed by atoms with Crippen molar-refractivity contribution in [1.82, 2.24) is 9.21 Å². The maximum atomic E-state index is 12.7. The van der Waals surface area contributed by atoms with Gasteiger partial charge in [-0.3, -0.25) is 4.79 Å². The molecule has 0 spiro atoms. The summed E-state index contributed by atoms with van der Waals surface area (Å²) in [7, 11) is -0.510. The van der Waals surface area contributed by atoms with Crippen molar-refractivity contribution in [2.45, 2.75) is 18.2 Å². The second-order valence-electron chi connectivity index (χ2n) is 4.70. The van der Waals surface area contributed by atoms with Gasteiger partial charge in [0.1, 0.15) is 0 Å². The summed E-state index contributed by atoms with van der Waals surface area (Å²) in [5.41, 5.74) is 0. The van der Waals surface area contributed by atoms with E-state index in [-0.39, 0.29) is 17.3 Å². The summed E-state index contributed by atoms with van der Waals surface area (Å²) < 4.78 is 27.9. The van der Waals surface area contributed by atoms with Gasteiger partial charge in [0.2, 0.25) is 15.9 Å². The lowest BCUT2D eigenvalue weighted by atomic mass is 10.4. The second-order valence-corrected chi connectivity index (χ2v) is 8.38. The Balaban J connectivity index is 3.18. The van der Waals surface area contributed by atoms with E-state index in [4.69, 9.17) is 0 Å². The molecular weight excluding hydrogens is 424 g/mol. The minimum absolute atomic E-state index is 0.158. The Morgan fingerprint density at radius 1 is 1.24 bits per heavy atom. The predicted molar refractivity (Wildman–Crippen MR) is 89.6 cm³/mol. The Morgan fingerprint density at radius 3 is 2.33 bits per heavy atom. The quantitative estimate of drug-likeness (QED) is 0.681. The molecule has 0 aliphatic rings. The lowest BCUT2D eigenvalue weighted by Gasteiger charge is -2.23. The SMILES string of the molecule is CCCN(CC(=O)N(C)C)S(=O)(=O)c1ccc(Br)cc1Br. The average molecular weight is 442 g/mol. The molecule has 0 unspecified atom stereocenters. The lowest BCUT2D eigenvalue weighted by Crippen LogP contribution is -2.40. The van der Waals surface area contributed by atoms with E-state index in [9.17, 15) is 13.2 Å². The zero-order chi connectivity index (χ0) is 16.2. The highest BCUT2D eigenvalue weighted by molar-refractivity contribution is 9.11. The van der Waals surface area contributed by atoms with Crippen LogP contribution >= 0.6 is 31.9 Å². The third kappa shape index (κ3) is 4.77. The van der Waals surface area contributed by atoms with Gasteiger partial charge in [-0.25, -0.2) is 8.42 Å². The van der Waals surface area contributed by atoms with Crippen molar-refractivity contribution in [2.24, 2.45) is 0 Å². The minimum atomic E-state index is -3.72. The molecule has 0 saturated carbocycles. The number of carbonyl (C=O) groups excluding carboxylic acids is 1. The number of hydrogen-bond acceptors (Lipinski definition) is 3. The molecule has 5 nitrogen and oxygen atoms in total. The molecule has 0 N–H and O–H groups in total. The van der Waals surface area contributed by atoms with Crippen molar-refractivity contribution in [3.8, 4) is 0 Å². The van der Waals surface area contributed by atoms with Gasteiger partial charge in [-0.1, -0.05) is 22.9 Å². The van der Waals surface area contributed by atoms with E-state index < -0.39 is 10.0 Å². The van der Waals surface area contributed by atoms with Gasteiger partial charge in [0.05, 0.1) is 11.4 Å². The van der Waals surface area contributed by atoms with Crippen LogP contribution in [-0.4, -0.2) is 50.7 Å². The molecule has 1 aromatic rings. The summed E-state index contributed by atoms with van der Waals surface area (Å²) in [6.45, 7) is 2.01. The number of halogens is 2. The van der Waals surface area contributed by atoms with Gasteiger partial charge < -0.3 is 4.90 Å². The first kappa shape index (κ1) is 18.6. The second kappa shape index (κ2) is 7.71. The largest absolute Gasteiger partial charge is 0.348 e. The number of nitrogens with zero attached hydrogens (tertiary/aromatic N) is 2. The van der Waals surface area contributed by atoms with Crippen LogP contribution in [0, 0.1) is 0 Å². The number of benzene rings is 1. The number of hydrogen-bond donors (Lipinski definition) is 0. The fourth-order valence-electron chi connectivity index (χ4n) is 1.65. The highest BCUT2D eigenvalue weighted by atomic mass is 79.9. The third-order valence-electron chi connectivity index (χ3n) is 2.80. The minimum Gasteiger partial charge on any atom is -0.348 e. The summed E-state index contributed by atoms with van der Waals surface area (Å²) in [4.78, 5) is 13.4. The van der Waals surface area contributed by atoms with Gasteiger partial charge in [-0.15, -0.1) is 0 Å². The number of amides is 1. The van der Waals surface area contributed by atoms with Crippen LogP contribution in [0.3, 0.4) is 0 Å². The fourth-order valence-corrected chi connectivity index (χ4v) is 4.84. The smallest absolute Gasteiger partial charge is 0.244 e. The molecule has 1 aromatic carbocycles. The monoisotopic (exact) mass is 440 g/mol. The molecular formula is C13H18Br2N2O3S. The zero-order valence-corrected chi connectivity index (χ0v) is 16.1. The normalized spacial score (nSPS) is 11.7. The Morgan fingerprint density at radius 2 is 1.86 bits per heavy atom. The molecule has 0 saturated heterocycles. The predicted octanol–water partition coefficient (Wildman–Crippen LogP) is 2.70. The topological polar surface area (TPSA) is 57.7 Å². The molecule has 0 atom stereocenters. The Kier molecular flexibility index (Phi) is 6.83. The van der Waals surface area contributed by atoms with Crippen LogP contribution in [0.5, 0.6) is 0 Å². The highest BCUT2D eigenvalue weighted by Gasteiger charge is 2.28. The highest BCUT2D eigenvalue weighted by Crippen LogP contribution is 2.28.